The van der Waals surface area contributed by atoms with Crippen LogP contribution in [0.15, 0.2) is 65.8 Å². The van der Waals surface area contributed by atoms with Crippen molar-refractivity contribution in [2.45, 2.75) is 39.2 Å². The Morgan fingerprint density at radius 2 is 1.84 bits per heavy atom. The number of amides is 1. The summed E-state index contributed by atoms with van der Waals surface area (Å²) < 4.78 is 3.08. The van der Waals surface area contributed by atoms with Gasteiger partial charge in [-0.25, -0.2) is 9.97 Å². The van der Waals surface area contributed by atoms with Gasteiger partial charge in [-0.2, -0.15) is 9.78 Å². The fourth-order valence-corrected chi connectivity index (χ4v) is 3.18. The van der Waals surface area contributed by atoms with Gasteiger partial charge in [0.2, 0.25) is 5.91 Å². The Kier molecular flexibility index (Phi) is 5.37. The maximum absolute atomic E-state index is 12.7. The van der Waals surface area contributed by atoms with E-state index >= 15 is 0 Å². The average Bonchev–Trinajstić information content (AvgIpc) is 3.18. The second-order valence-electron chi connectivity index (χ2n) is 8.32. The van der Waals surface area contributed by atoms with Crippen molar-refractivity contribution in [3.8, 4) is 5.82 Å². The molecule has 0 saturated carbocycles. The van der Waals surface area contributed by atoms with E-state index in [2.05, 4.69) is 41.2 Å². The lowest BCUT2D eigenvalue weighted by molar-refractivity contribution is -0.116. The monoisotopic (exact) mass is 416 g/mol. The summed E-state index contributed by atoms with van der Waals surface area (Å²) in [6, 6.07) is 14.5. The van der Waals surface area contributed by atoms with Gasteiger partial charge < -0.3 is 5.32 Å². The third kappa shape index (κ3) is 4.37. The zero-order valence-electron chi connectivity index (χ0n) is 17.7. The molecule has 1 N–H and O–H groups in total. The van der Waals surface area contributed by atoms with Gasteiger partial charge >= 0.3 is 0 Å². The van der Waals surface area contributed by atoms with Crippen LogP contribution in [0.3, 0.4) is 0 Å². The lowest BCUT2D eigenvalue weighted by atomic mass is 9.92. The minimum Gasteiger partial charge on any atom is -0.310 e. The van der Waals surface area contributed by atoms with Gasteiger partial charge in [0.25, 0.3) is 5.56 Å². The zero-order chi connectivity index (χ0) is 22.0. The standard InChI is InChI=1S/C23H24N6O2/c1-23(2,3)18-14-20(29(27-18)19-10-6-7-12-24-19)26-21(30)11-13-28-15-25-17-9-5-4-8-16(17)22(28)31/h4-10,12,14-15H,11,13H2,1-3H3,(H,26,30). The predicted octanol–water partition coefficient (Wildman–Crippen LogP) is 3.30. The molecule has 4 aromatic rings. The van der Waals surface area contributed by atoms with Crippen LogP contribution >= 0.6 is 0 Å². The van der Waals surface area contributed by atoms with Gasteiger partial charge in [-0.15, -0.1) is 0 Å². The van der Waals surface area contributed by atoms with Crippen molar-refractivity contribution >= 4 is 22.6 Å². The van der Waals surface area contributed by atoms with Crippen LogP contribution in [0.5, 0.6) is 0 Å². The van der Waals surface area contributed by atoms with Gasteiger partial charge in [0.15, 0.2) is 5.82 Å². The molecule has 0 fully saturated rings. The van der Waals surface area contributed by atoms with Crippen LogP contribution in [0.1, 0.15) is 32.9 Å². The third-order valence-corrected chi connectivity index (χ3v) is 4.92. The lowest BCUT2D eigenvalue weighted by Crippen LogP contribution is -2.24. The molecule has 1 amide bonds. The van der Waals surface area contributed by atoms with E-state index in [4.69, 9.17) is 0 Å². The van der Waals surface area contributed by atoms with Crippen molar-refractivity contribution in [2.24, 2.45) is 0 Å². The fraction of sp³-hybridized carbons (Fsp3) is 0.261. The highest BCUT2D eigenvalue weighted by molar-refractivity contribution is 5.90. The first-order valence-corrected chi connectivity index (χ1v) is 10.1. The van der Waals surface area contributed by atoms with Crippen molar-refractivity contribution in [1.29, 1.82) is 0 Å². The van der Waals surface area contributed by atoms with Crippen molar-refractivity contribution in [3.05, 3.63) is 77.1 Å². The Hall–Kier alpha value is -3.81. The summed E-state index contributed by atoms with van der Waals surface area (Å²) in [5.74, 6) is 0.929. The minimum absolute atomic E-state index is 0.123. The summed E-state index contributed by atoms with van der Waals surface area (Å²) in [6.07, 6.45) is 3.28. The number of aryl methyl sites for hydroxylation is 1. The second kappa shape index (κ2) is 8.14. The molecule has 31 heavy (non-hydrogen) atoms. The Labute approximate surface area is 179 Å². The van der Waals surface area contributed by atoms with Crippen LogP contribution in [-0.4, -0.2) is 30.2 Å². The molecule has 0 atom stereocenters. The zero-order valence-corrected chi connectivity index (χ0v) is 17.7. The van der Waals surface area contributed by atoms with Crippen LogP contribution in [0.4, 0.5) is 5.82 Å². The van der Waals surface area contributed by atoms with E-state index in [1.54, 1.807) is 29.1 Å². The molecule has 158 valence electrons. The number of benzene rings is 1. The summed E-state index contributed by atoms with van der Waals surface area (Å²) in [4.78, 5) is 34.0. The summed E-state index contributed by atoms with van der Waals surface area (Å²) >= 11 is 0. The van der Waals surface area contributed by atoms with Crippen LogP contribution < -0.4 is 10.9 Å². The predicted molar refractivity (Wildman–Crippen MR) is 119 cm³/mol. The Morgan fingerprint density at radius 3 is 2.58 bits per heavy atom. The molecule has 3 aromatic heterocycles. The number of para-hydroxylation sites is 1. The van der Waals surface area contributed by atoms with E-state index in [9.17, 15) is 9.59 Å². The smallest absolute Gasteiger partial charge is 0.261 e. The summed E-state index contributed by atoms with van der Waals surface area (Å²) in [6.45, 7) is 6.40. The molecule has 0 unspecified atom stereocenters. The molecule has 0 aliphatic heterocycles. The molecule has 4 rings (SSSR count). The molecular formula is C23H24N6O2. The molecule has 8 heteroatoms. The summed E-state index contributed by atoms with van der Waals surface area (Å²) in [5, 5.41) is 8.10. The van der Waals surface area contributed by atoms with E-state index in [1.165, 1.54) is 10.9 Å². The van der Waals surface area contributed by atoms with Gasteiger partial charge in [-0.1, -0.05) is 39.0 Å². The highest BCUT2D eigenvalue weighted by atomic mass is 16.2. The maximum atomic E-state index is 12.7. The Balaban J connectivity index is 1.54. The molecule has 8 nitrogen and oxygen atoms in total. The maximum Gasteiger partial charge on any atom is 0.261 e. The van der Waals surface area contributed by atoms with Crippen molar-refractivity contribution in [2.75, 3.05) is 5.32 Å². The molecular weight excluding hydrogens is 392 g/mol. The van der Waals surface area contributed by atoms with Crippen molar-refractivity contribution < 1.29 is 4.79 Å². The first kappa shape index (κ1) is 20.5. The molecule has 0 radical (unpaired) electrons. The highest BCUT2D eigenvalue weighted by Crippen LogP contribution is 2.25. The quantitative estimate of drug-likeness (QED) is 0.539. The summed E-state index contributed by atoms with van der Waals surface area (Å²) in [5.41, 5.74) is 1.13. The molecule has 0 aliphatic rings. The topological polar surface area (TPSA) is 94.7 Å². The number of carbonyl (C=O) groups is 1. The number of nitrogens with one attached hydrogen (secondary N) is 1. The molecule has 0 spiro atoms. The van der Waals surface area contributed by atoms with E-state index in [0.29, 0.717) is 22.5 Å². The van der Waals surface area contributed by atoms with Crippen LogP contribution in [-0.2, 0) is 16.8 Å². The Bertz CT molecular complexity index is 1280. The van der Waals surface area contributed by atoms with E-state index < -0.39 is 0 Å². The number of nitrogens with zero attached hydrogens (tertiary/aromatic N) is 5. The number of fused-ring (bicyclic) bond motifs is 1. The Morgan fingerprint density at radius 1 is 1.06 bits per heavy atom. The lowest BCUT2D eigenvalue weighted by Gasteiger charge is -2.13. The first-order chi connectivity index (χ1) is 14.8. The molecule has 0 saturated heterocycles. The number of hydrogen-bond donors (Lipinski definition) is 1. The van der Waals surface area contributed by atoms with Gasteiger partial charge in [-0.3, -0.25) is 14.2 Å². The van der Waals surface area contributed by atoms with Crippen LogP contribution in [0.25, 0.3) is 16.7 Å². The average molecular weight is 416 g/mol. The number of rotatable bonds is 5. The van der Waals surface area contributed by atoms with Gasteiger partial charge in [-0.05, 0) is 24.3 Å². The SMILES string of the molecule is CC(C)(C)c1cc(NC(=O)CCn2cnc3ccccc3c2=O)n(-c2ccccn2)n1. The van der Waals surface area contributed by atoms with E-state index in [1.807, 2.05) is 30.3 Å². The van der Waals surface area contributed by atoms with Crippen molar-refractivity contribution in [3.63, 3.8) is 0 Å². The van der Waals surface area contributed by atoms with Gasteiger partial charge in [0, 0.05) is 30.6 Å². The number of aromatic nitrogens is 5. The van der Waals surface area contributed by atoms with Crippen LogP contribution in [0.2, 0.25) is 0 Å². The highest BCUT2D eigenvalue weighted by Gasteiger charge is 2.22. The van der Waals surface area contributed by atoms with Crippen molar-refractivity contribution in [1.82, 2.24) is 24.3 Å². The second-order valence-corrected chi connectivity index (χ2v) is 8.32. The normalized spacial score (nSPS) is 11.6. The minimum atomic E-state index is -0.224. The summed E-state index contributed by atoms with van der Waals surface area (Å²) in [7, 11) is 0. The largest absolute Gasteiger partial charge is 0.310 e. The fourth-order valence-electron chi connectivity index (χ4n) is 3.18. The number of carbonyl (C=O) groups excluding carboxylic acids is 1. The third-order valence-electron chi connectivity index (χ3n) is 4.92. The number of pyridine rings is 1. The molecule has 0 bridgehead atoms. The van der Waals surface area contributed by atoms with Gasteiger partial charge in [0.05, 0.1) is 22.9 Å². The molecule has 3 heterocycles. The van der Waals surface area contributed by atoms with E-state index in [-0.39, 0.29) is 29.8 Å². The van der Waals surface area contributed by atoms with Crippen LogP contribution in [0, 0.1) is 0 Å². The molecule has 1 aromatic carbocycles. The van der Waals surface area contributed by atoms with E-state index in [0.717, 1.165) is 5.69 Å². The number of hydrogen-bond acceptors (Lipinski definition) is 5. The number of anilines is 1. The molecule has 0 aliphatic carbocycles. The van der Waals surface area contributed by atoms with Gasteiger partial charge in [0.1, 0.15) is 5.82 Å². The first-order valence-electron chi connectivity index (χ1n) is 10.1.